The zero-order valence-corrected chi connectivity index (χ0v) is 8.83. The topological polar surface area (TPSA) is 0 Å². The van der Waals surface area contributed by atoms with E-state index < -0.39 is 11.6 Å². The lowest BCUT2D eigenvalue weighted by Crippen LogP contribution is -2.41. The Morgan fingerprint density at radius 3 is 1.46 bits per heavy atom. The van der Waals surface area contributed by atoms with Crippen molar-refractivity contribution >= 4 is 0 Å². The molecule has 0 bridgehead atoms. The average Bonchev–Trinajstić information content (AvgIpc) is 2.04. The number of hydrogen-bond donors (Lipinski definition) is 0. The first kappa shape index (κ1) is 12.8. The first-order chi connectivity index (χ1) is 5.83. The minimum Gasteiger partial charge on any atom is -0.171 e. The Hall–Kier alpha value is -0.210. The number of rotatable bonds is 4. The minimum absolute atomic E-state index is 0.169. The average molecular weight is 196 g/mol. The second-order valence-electron chi connectivity index (χ2n) is 3.78. The van der Waals surface area contributed by atoms with Crippen LogP contribution >= 0.6 is 0 Å². The monoisotopic (exact) mass is 196 g/mol. The second-order valence-corrected chi connectivity index (χ2v) is 3.78. The van der Waals surface area contributed by atoms with Gasteiger partial charge < -0.3 is 0 Å². The van der Waals surface area contributed by atoms with E-state index in [-0.39, 0.29) is 12.3 Å². The molecule has 0 amide bonds. The van der Waals surface area contributed by atoms with E-state index in [1.165, 1.54) is 6.92 Å². The highest BCUT2D eigenvalue weighted by atomic mass is 19.4. The highest BCUT2D eigenvalue weighted by Gasteiger charge is 2.52. The van der Waals surface area contributed by atoms with Crippen LogP contribution in [0.25, 0.3) is 0 Å². The molecule has 3 heteroatoms. The molecule has 0 N–H and O–H groups in total. The van der Waals surface area contributed by atoms with E-state index in [4.69, 9.17) is 0 Å². The molecular formula is C10H19F3. The molecule has 0 aliphatic rings. The van der Waals surface area contributed by atoms with Crippen LogP contribution in [0.5, 0.6) is 0 Å². The van der Waals surface area contributed by atoms with E-state index in [0.29, 0.717) is 12.8 Å². The summed E-state index contributed by atoms with van der Waals surface area (Å²) in [5.41, 5.74) is -1.50. The summed E-state index contributed by atoms with van der Waals surface area (Å²) < 4.78 is 38.2. The Morgan fingerprint density at radius 1 is 1.00 bits per heavy atom. The Morgan fingerprint density at radius 2 is 1.38 bits per heavy atom. The summed E-state index contributed by atoms with van der Waals surface area (Å²) in [5, 5.41) is 0. The Kier molecular flexibility index (Phi) is 4.27. The first-order valence-corrected chi connectivity index (χ1v) is 4.90. The molecule has 0 aliphatic heterocycles. The van der Waals surface area contributed by atoms with Crippen molar-refractivity contribution in [1.82, 2.24) is 0 Å². The molecule has 0 aromatic carbocycles. The van der Waals surface area contributed by atoms with Gasteiger partial charge in [0.15, 0.2) is 0 Å². The van der Waals surface area contributed by atoms with Gasteiger partial charge >= 0.3 is 6.18 Å². The summed E-state index contributed by atoms with van der Waals surface area (Å²) >= 11 is 0. The summed E-state index contributed by atoms with van der Waals surface area (Å²) in [5.74, 6) is -0.252. The molecule has 1 unspecified atom stereocenters. The fourth-order valence-electron chi connectivity index (χ4n) is 1.91. The van der Waals surface area contributed by atoms with E-state index >= 15 is 0 Å². The van der Waals surface area contributed by atoms with Gasteiger partial charge in [0.05, 0.1) is 5.41 Å². The van der Waals surface area contributed by atoms with E-state index in [9.17, 15) is 13.2 Å². The van der Waals surface area contributed by atoms with Crippen LogP contribution in [0.2, 0.25) is 0 Å². The largest absolute Gasteiger partial charge is 0.394 e. The molecule has 0 saturated heterocycles. The summed E-state index contributed by atoms with van der Waals surface area (Å²) in [4.78, 5) is 0. The van der Waals surface area contributed by atoms with Crippen LogP contribution in [0.4, 0.5) is 13.2 Å². The van der Waals surface area contributed by atoms with Gasteiger partial charge in [0.1, 0.15) is 0 Å². The predicted molar refractivity (Wildman–Crippen MR) is 48.5 cm³/mol. The predicted octanol–water partition coefficient (Wildman–Crippen LogP) is 4.40. The molecule has 0 saturated carbocycles. The van der Waals surface area contributed by atoms with Gasteiger partial charge in [-0.15, -0.1) is 0 Å². The van der Waals surface area contributed by atoms with Crippen molar-refractivity contribution in [3.05, 3.63) is 0 Å². The fraction of sp³-hybridized carbons (Fsp3) is 1.00. The summed E-state index contributed by atoms with van der Waals surface area (Å²) in [7, 11) is 0. The molecule has 0 aromatic rings. The van der Waals surface area contributed by atoms with E-state index in [1.54, 1.807) is 6.92 Å². The molecule has 0 spiro atoms. The molecule has 0 heterocycles. The SMILES string of the molecule is CCC(CC)C(C)(CC)C(F)(F)F. The lowest BCUT2D eigenvalue weighted by atomic mass is 9.72. The normalized spacial score (nSPS) is 17.5. The Bertz CT molecular complexity index is 147. The minimum atomic E-state index is -4.07. The Labute approximate surface area is 78.5 Å². The second kappa shape index (κ2) is 4.34. The van der Waals surface area contributed by atoms with Crippen molar-refractivity contribution in [3.63, 3.8) is 0 Å². The molecule has 0 nitrogen and oxygen atoms in total. The van der Waals surface area contributed by atoms with Gasteiger partial charge in [0.2, 0.25) is 0 Å². The van der Waals surface area contributed by atoms with Gasteiger partial charge in [-0.25, -0.2) is 0 Å². The van der Waals surface area contributed by atoms with E-state index in [1.807, 2.05) is 13.8 Å². The third kappa shape index (κ3) is 2.38. The Balaban J connectivity index is 4.80. The quantitative estimate of drug-likeness (QED) is 0.625. The van der Waals surface area contributed by atoms with Crippen molar-refractivity contribution in [1.29, 1.82) is 0 Å². The summed E-state index contributed by atoms with van der Waals surface area (Å²) in [6.07, 6.45) is -2.71. The maximum absolute atomic E-state index is 12.7. The van der Waals surface area contributed by atoms with Crippen LogP contribution in [-0.4, -0.2) is 6.18 Å². The maximum atomic E-state index is 12.7. The van der Waals surface area contributed by atoms with Gasteiger partial charge in [-0.3, -0.25) is 0 Å². The third-order valence-electron chi connectivity index (χ3n) is 3.27. The number of alkyl halides is 3. The lowest BCUT2D eigenvalue weighted by Gasteiger charge is -2.37. The highest BCUT2D eigenvalue weighted by Crippen LogP contribution is 2.48. The van der Waals surface area contributed by atoms with Gasteiger partial charge in [-0.1, -0.05) is 40.5 Å². The standard InChI is InChI=1S/C10H19F3/c1-5-8(6-2)9(4,7-3)10(11,12)13/h8H,5-7H2,1-4H3. The van der Waals surface area contributed by atoms with Crippen molar-refractivity contribution in [2.24, 2.45) is 11.3 Å². The smallest absolute Gasteiger partial charge is 0.171 e. The first-order valence-electron chi connectivity index (χ1n) is 4.90. The molecule has 1 atom stereocenters. The zero-order chi connectivity index (χ0) is 10.7. The van der Waals surface area contributed by atoms with Crippen LogP contribution in [0.15, 0.2) is 0 Å². The molecule has 0 rings (SSSR count). The van der Waals surface area contributed by atoms with Crippen LogP contribution < -0.4 is 0 Å². The number of halogens is 3. The van der Waals surface area contributed by atoms with Crippen LogP contribution in [0.3, 0.4) is 0 Å². The van der Waals surface area contributed by atoms with Crippen molar-refractivity contribution in [2.75, 3.05) is 0 Å². The van der Waals surface area contributed by atoms with Crippen LogP contribution in [0, 0.1) is 11.3 Å². The van der Waals surface area contributed by atoms with E-state index in [0.717, 1.165) is 0 Å². The van der Waals surface area contributed by atoms with Crippen LogP contribution in [0.1, 0.15) is 47.0 Å². The summed E-state index contributed by atoms with van der Waals surface area (Å²) in [6.45, 7) is 6.61. The van der Waals surface area contributed by atoms with Gasteiger partial charge in [-0.05, 0) is 12.3 Å². The van der Waals surface area contributed by atoms with Crippen molar-refractivity contribution in [3.8, 4) is 0 Å². The third-order valence-corrected chi connectivity index (χ3v) is 3.27. The zero-order valence-electron chi connectivity index (χ0n) is 8.83. The molecule has 0 fully saturated rings. The van der Waals surface area contributed by atoms with Gasteiger partial charge in [0, 0.05) is 0 Å². The molecule has 0 aliphatic carbocycles. The fourth-order valence-corrected chi connectivity index (χ4v) is 1.91. The van der Waals surface area contributed by atoms with Crippen molar-refractivity contribution in [2.45, 2.75) is 53.1 Å². The van der Waals surface area contributed by atoms with Gasteiger partial charge in [-0.2, -0.15) is 13.2 Å². The molecule has 13 heavy (non-hydrogen) atoms. The maximum Gasteiger partial charge on any atom is 0.394 e. The number of hydrogen-bond acceptors (Lipinski definition) is 0. The van der Waals surface area contributed by atoms with Gasteiger partial charge in [0.25, 0.3) is 0 Å². The van der Waals surface area contributed by atoms with E-state index in [2.05, 4.69) is 0 Å². The van der Waals surface area contributed by atoms with Crippen LogP contribution in [-0.2, 0) is 0 Å². The van der Waals surface area contributed by atoms with Crippen molar-refractivity contribution < 1.29 is 13.2 Å². The molecule has 0 aromatic heterocycles. The lowest BCUT2D eigenvalue weighted by molar-refractivity contribution is -0.238. The molecule has 80 valence electrons. The summed E-state index contributed by atoms with van der Waals surface area (Å²) in [6, 6.07) is 0. The molecular weight excluding hydrogens is 177 g/mol. The highest BCUT2D eigenvalue weighted by molar-refractivity contribution is 4.86. The molecule has 0 radical (unpaired) electrons.